The summed E-state index contributed by atoms with van der Waals surface area (Å²) in [6.45, 7) is 10.5. The molecule has 1 aromatic rings. The summed E-state index contributed by atoms with van der Waals surface area (Å²) >= 11 is 0. The molecule has 0 aromatic heterocycles. The van der Waals surface area contributed by atoms with E-state index in [9.17, 15) is 0 Å². The Morgan fingerprint density at radius 1 is 1.56 bits per heavy atom. The summed E-state index contributed by atoms with van der Waals surface area (Å²) in [5, 5.41) is 0. The summed E-state index contributed by atoms with van der Waals surface area (Å²) in [6.07, 6.45) is 2.16. The molecule has 1 atom stereocenters. The van der Waals surface area contributed by atoms with Crippen molar-refractivity contribution in [1.82, 2.24) is 0 Å². The molecular weight excluding hydrogens is 224 g/mol. The maximum absolute atomic E-state index is 6.08. The van der Waals surface area contributed by atoms with E-state index in [1.165, 1.54) is 0 Å². The fraction of sp³-hybridized carbons (Fsp3) is 0.467. The molecule has 1 heterocycles. The van der Waals surface area contributed by atoms with Crippen LogP contribution in [0, 0.1) is 5.92 Å². The second-order valence-electron chi connectivity index (χ2n) is 5.10. The van der Waals surface area contributed by atoms with Gasteiger partial charge in [0.2, 0.25) is 0 Å². The topological polar surface area (TPSA) is 38.5 Å². The predicted octanol–water partition coefficient (Wildman–Crippen LogP) is 2.55. The molecule has 3 nitrogen and oxygen atoms in total. The number of anilines is 1. The lowest BCUT2D eigenvalue weighted by atomic mass is 10.0. The highest BCUT2D eigenvalue weighted by Gasteiger charge is 2.27. The zero-order valence-electron chi connectivity index (χ0n) is 11.2. The molecular formula is C15H22N2O. The van der Waals surface area contributed by atoms with Crippen LogP contribution in [0.2, 0.25) is 0 Å². The summed E-state index contributed by atoms with van der Waals surface area (Å²) in [5.41, 5.74) is 7.94. The minimum Gasteiger partial charge on any atom is -0.486 e. The second-order valence-corrected chi connectivity index (χ2v) is 5.10. The van der Waals surface area contributed by atoms with Crippen molar-refractivity contribution in [3.63, 3.8) is 0 Å². The number of rotatable bonds is 4. The lowest BCUT2D eigenvalue weighted by Gasteiger charge is -2.37. The van der Waals surface area contributed by atoms with Gasteiger partial charge in [-0.15, -0.1) is 6.58 Å². The van der Waals surface area contributed by atoms with E-state index >= 15 is 0 Å². The van der Waals surface area contributed by atoms with E-state index in [4.69, 9.17) is 10.5 Å². The Balaban J connectivity index is 2.34. The molecule has 0 bridgehead atoms. The Labute approximate surface area is 109 Å². The maximum atomic E-state index is 6.08. The summed E-state index contributed by atoms with van der Waals surface area (Å²) in [7, 11) is 0. The van der Waals surface area contributed by atoms with Crippen molar-refractivity contribution in [3.8, 4) is 5.75 Å². The molecule has 0 radical (unpaired) electrons. The minimum absolute atomic E-state index is 0.227. The monoisotopic (exact) mass is 246 g/mol. The van der Waals surface area contributed by atoms with Crippen LogP contribution in [-0.4, -0.2) is 19.2 Å². The molecule has 0 fully saturated rings. The normalized spacial score (nSPS) is 18.4. The Morgan fingerprint density at radius 3 is 2.94 bits per heavy atom. The van der Waals surface area contributed by atoms with Crippen molar-refractivity contribution >= 4 is 5.69 Å². The van der Waals surface area contributed by atoms with Gasteiger partial charge in [-0.05, 0) is 23.6 Å². The SMILES string of the molecule is C=CCN1CC(C(C)C)Oc2cc(CN)ccc21. The Bertz CT molecular complexity index is 429. The van der Waals surface area contributed by atoms with Gasteiger partial charge in [0.05, 0.1) is 12.2 Å². The molecule has 1 aromatic carbocycles. The fourth-order valence-electron chi connectivity index (χ4n) is 2.23. The molecule has 0 spiro atoms. The average molecular weight is 246 g/mol. The number of ether oxygens (including phenoxy) is 1. The predicted molar refractivity (Wildman–Crippen MR) is 76.0 cm³/mol. The number of benzene rings is 1. The van der Waals surface area contributed by atoms with Crippen LogP contribution in [0.5, 0.6) is 5.75 Å². The summed E-state index contributed by atoms with van der Waals surface area (Å²) in [4.78, 5) is 2.32. The van der Waals surface area contributed by atoms with Gasteiger partial charge in [-0.2, -0.15) is 0 Å². The molecule has 1 aliphatic heterocycles. The standard InChI is InChI=1S/C15H22N2O/c1-4-7-17-10-15(11(2)3)18-14-8-12(9-16)5-6-13(14)17/h4-6,8,11,15H,1,7,9-10,16H2,2-3H3. The van der Waals surface area contributed by atoms with E-state index in [1.807, 2.05) is 6.08 Å². The highest BCUT2D eigenvalue weighted by molar-refractivity contribution is 5.61. The van der Waals surface area contributed by atoms with Crippen LogP contribution in [0.3, 0.4) is 0 Å². The third kappa shape index (κ3) is 2.51. The quantitative estimate of drug-likeness (QED) is 0.830. The molecule has 0 aliphatic carbocycles. The van der Waals surface area contributed by atoms with E-state index in [-0.39, 0.29) is 6.10 Å². The zero-order valence-corrected chi connectivity index (χ0v) is 11.2. The highest BCUT2D eigenvalue weighted by Crippen LogP contribution is 2.35. The van der Waals surface area contributed by atoms with Crippen molar-refractivity contribution < 1.29 is 4.74 Å². The smallest absolute Gasteiger partial charge is 0.143 e. The first-order chi connectivity index (χ1) is 8.65. The first kappa shape index (κ1) is 13.0. The third-order valence-corrected chi connectivity index (χ3v) is 3.37. The lowest BCUT2D eigenvalue weighted by Crippen LogP contribution is -2.42. The minimum atomic E-state index is 0.227. The molecule has 98 valence electrons. The number of fused-ring (bicyclic) bond motifs is 1. The van der Waals surface area contributed by atoms with Crippen LogP contribution in [0.25, 0.3) is 0 Å². The van der Waals surface area contributed by atoms with Gasteiger partial charge in [-0.3, -0.25) is 0 Å². The van der Waals surface area contributed by atoms with Crippen molar-refractivity contribution in [2.24, 2.45) is 11.7 Å². The number of hydrogen-bond donors (Lipinski definition) is 1. The molecule has 0 amide bonds. The summed E-state index contributed by atoms with van der Waals surface area (Å²) in [5.74, 6) is 1.44. The van der Waals surface area contributed by atoms with Crippen LogP contribution >= 0.6 is 0 Å². The molecule has 0 saturated carbocycles. The largest absolute Gasteiger partial charge is 0.486 e. The number of nitrogens with zero attached hydrogens (tertiary/aromatic N) is 1. The zero-order chi connectivity index (χ0) is 13.1. The number of hydrogen-bond acceptors (Lipinski definition) is 3. The van der Waals surface area contributed by atoms with Gasteiger partial charge < -0.3 is 15.4 Å². The van der Waals surface area contributed by atoms with Gasteiger partial charge in [0, 0.05) is 13.1 Å². The second kappa shape index (κ2) is 5.44. The van der Waals surface area contributed by atoms with E-state index < -0.39 is 0 Å². The molecule has 1 unspecified atom stereocenters. The summed E-state index contributed by atoms with van der Waals surface area (Å²) < 4.78 is 6.08. The fourth-order valence-corrected chi connectivity index (χ4v) is 2.23. The molecule has 3 heteroatoms. The van der Waals surface area contributed by atoms with Crippen LogP contribution in [0.4, 0.5) is 5.69 Å². The van der Waals surface area contributed by atoms with Crippen molar-refractivity contribution in [1.29, 1.82) is 0 Å². The van der Waals surface area contributed by atoms with Crippen LogP contribution in [-0.2, 0) is 6.54 Å². The van der Waals surface area contributed by atoms with Gasteiger partial charge >= 0.3 is 0 Å². The Hall–Kier alpha value is -1.48. The van der Waals surface area contributed by atoms with Gasteiger partial charge in [0.25, 0.3) is 0 Å². The summed E-state index contributed by atoms with van der Waals surface area (Å²) in [6, 6.07) is 6.21. The highest BCUT2D eigenvalue weighted by atomic mass is 16.5. The number of nitrogens with two attached hydrogens (primary N) is 1. The first-order valence-electron chi connectivity index (χ1n) is 6.51. The Morgan fingerprint density at radius 2 is 2.33 bits per heavy atom. The van der Waals surface area contributed by atoms with Gasteiger partial charge in [-0.1, -0.05) is 26.0 Å². The first-order valence-corrected chi connectivity index (χ1v) is 6.51. The average Bonchev–Trinajstić information content (AvgIpc) is 2.38. The lowest BCUT2D eigenvalue weighted by molar-refractivity contribution is 0.146. The van der Waals surface area contributed by atoms with E-state index in [0.717, 1.165) is 30.1 Å². The van der Waals surface area contributed by atoms with Gasteiger partial charge in [0.1, 0.15) is 11.9 Å². The Kier molecular flexibility index (Phi) is 3.92. The van der Waals surface area contributed by atoms with Crippen molar-refractivity contribution in [3.05, 3.63) is 36.4 Å². The molecule has 1 aliphatic rings. The van der Waals surface area contributed by atoms with Crippen LogP contribution in [0.15, 0.2) is 30.9 Å². The maximum Gasteiger partial charge on any atom is 0.143 e. The van der Waals surface area contributed by atoms with Gasteiger partial charge in [-0.25, -0.2) is 0 Å². The van der Waals surface area contributed by atoms with E-state index in [1.54, 1.807) is 0 Å². The van der Waals surface area contributed by atoms with Crippen molar-refractivity contribution in [2.45, 2.75) is 26.5 Å². The molecule has 0 saturated heterocycles. The third-order valence-electron chi connectivity index (χ3n) is 3.37. The molecule has 2 N–H and O–H groups in total. The van der Waals surface area contributed by atoms with Gasteiger partial charge in [0.15, 0.2) is 0 Å². The van der Waals surface area contributed by atoms with Crippen molar-refractivity contribution in [2.75, 3.05) is 18.0 Å². The van der Waals surface area contributed by atoms with E-state index in [0.29, 0.717) is 12.5 Å². The molecule has 18 heavy (non-hydrogen) atoms. The van der Waals surface area contributed by atoms with E-state index in [2.05, 4.69) is 43.5 Å². The van der Waals surface area contributed by atoms with Crippen LogP contribution in [0.1, 0.15) is 19.4 Å². The van der Waals surface area contributed by atoms with Crippen LogP contribution < -0.4 is 15.4 Å². The molecule has 2 rings (SSSR count).